The largest absolute Gasteiger partial charge is 0.490 e. The van der Waals surface area contributed by atoms with Crippen molar-refractivity contribution in [2.24, 2.45) is 16.2 Å². The van der Waals surface area contributed by atoms with Crippen LogP contribution in [0.2, 0.25) is 0 Å². The third kappa shape index (κ3) is 8.33. The molecule has 3 aromatic heterocycles. The van der Waals surface area contributed by atoms with Crippen LogP contribution in [-0.4, -0.2) is 84.0 Å². The number of thiazole rings is 1. The van der Waals surface area contributed by atoms with Gasteiger partial charge >= 0.3 is 12.0 Å². The lowest BCUT2D eigenvalue weighted by Crippen LogP contribution is -2.64. The second-order valence-corrected chi connectivity index (χ2v) is 22.4. The van der Waals surface area contributed by atoms with E-state index in [2.05, 4.69) is 33.8 Å². The molecule has 10 rings (SSSR count). The maximum Gasteiger partial charge on any atom is 0.358 e. The Morgan fingerprint density at radius 2 is 1.73 bits per heavy atom. The highest BCUT2D eigenvalue weighted by Gasteiger charge is 2.66. The summed E-state index contributed by atoms with van der Waals surface area (Å²) in [5, 5.41) is 8.94. The minimum Gasteiger partial charge on any atom is -0.490 e. The molecule has 2 aromatic carbocycles. The minimum absolute atomic E-state index is 0.0228. The van der Waals surface area contributed by atoms with Crippen molar-refractivity contribution in [3.8, 4) is 28.1 Å². The number of para-hydroxylation sites is 1. The van der Waals surface area contributed by atoms with Crippen LogP contribution in [0.15, 0.2) is 60.8 Å². The van der Waals surface area contributed by atoms with E-state index in [1.54, 1.807) is 11.1 Å². The Balaban J connectivity index is 1.11. The van der Waals surface area contributed by atoms with Gasteiger partial charge in [0.1, 0.15) is 23.7 Å². The summed E-state index contributed by atoms with van der Waals surface area (Å²) in [6, 6.07) is 16.9. The van der Waals surface area contributed by atoms with Gasteiger partial charge in [0.2, 0.25) is 0 Å². The summed E-state index contributed by atoms with van der Waals surface area (Å²) in [6.07, 6.45) is 8.35. The monoisotopic (exact) mass is 882 g/mol. The third-order valence-corrected chi connectivity index (χ3v) is 14.2. The van der Waals surface area contributed by atoms with E-state index in [4.69, 9.17) is 23.5 Å². The first-order chi connectivity index (χ1) is 29.2. The molecule has 5 aromatic rings. The molecule has 328 valence electrons. The van der Waals surface area contributed by atoms with Gasteiger partial charge in [0.05, 0.1) is 47.5 Å². The van der Waals surface area contributed by atoms with E-state index in [1.165, 1.54) is 11.3 Å². The van der Waals surface area contributed by atoms with Crippen LogP contribution < -0.4 is 15.0 Å². The van der Waals surface area contributed by atoms with Gasteiger partial charge in [-0.1, -0.05) is 43.4 Å². The highest BCUT2D eigenvalue weighted by atomic mass is 32.2. The van der Waals surface area contributed by atoms with Crippen molar-refractivity contribution in [3.63, 3.8) is 0 Å². The second-order valence-electron chi connectivity index (χ2n) is 19.7. The van der Waals surface area contributed by atoms with E-state index in [-0.39, 0.29) is 41.2 Å². The number of nitrogens with one attached hydrogen (secondary N) is 1. The third-order valence-electron chi connectivity index (χ3n) is 12.7. The van der Waals surface area contributed by atoms with Crippen LogP contribution in [-0.2, 0) is 30.3 Å². The number of fused-ring (bicyclic) bond motifs is 2. The summed E-state index contributed by atoms with van der Waals surface area (Å²) >= 11 is 1.42. The second kappa shape index (κ2) is 15.1. The van der Waals surface area contributed by atoms with E-state index in [0.717, 1.165) is 71.8 Å². The molecule has 1 aliphatic heterocycles. The number of urea groups is 1. The number of nitrogens with zero attached hydrogens (tertiary/aromatic N) is 5. The maximum absolute atomic E-state index is 14.0. The maximum atomic E-state index is 14.0. The average molecular weight is 883 g/mol. The number of pyridine rings is 1. The predicted octanol–water partition coefficient (Wildman–Crippen LogP) is 9.03. The predicted molar refractivity (Wildman–Crippen MR) is 238 cm³/mol. The van der Waals surface area contributed by atoms with Gasteiger partial charge in [-0.05, 0) is 119 Å². The molecule has 14 nitrogen and oxygen atoms in total. The van der Waals surface area contributed by atoms with Gasteiger partial charge in [-0.2, -0.15) is 13.5 Å². The Morgan fingerprint density at radius 1 is 0.968 bits per heavy atom. The summed E-state index contributed by atoms with van der Waals surface area (Å²) in [5.74, 6) is 0.0267. The number of aromatic nitrogens is 4. The van der Waals surface area contributed by atoms with Crippen molar-refractivity contribution in [2.45, 2.75) is 97.8 Å². The number of amides is 2. The average Bonchev–Trinajstić information content (AvgIpc) is 3.72. The van der Waals surface area contributed by atoms with Crippen LogP contribution in [0.4, 0.5) is 15.6 Å². The number of esters is 1. The number of benzene rings is 2. The Bertz CT molecular complexity index is 2650. The Hall–Kier alpha value is -4.90. The van der Waals surface area contributed by atoms with Gasteiger partial charge in [0, 0.05) is 35.1 Å². The van der Waals surface area contributed by atoms with Gasteiger partial charge in [0.15, 0.2) is 10.8 Å². The lowest BCUT2D eigenvalue weighted by Gasteiger charge is -2.69. The molecule has 4 heterocycles. The number of carbonyl (C=O) groups is 2. The number of anilines is 2. The van der Waals surface area contributed by atoms with Crippen LogP contribution >= 0.6 is 11.3 Å². The summed E-state index contributed by atoms with van der Waals surface area (Å²) in [7, 11) is -3.59. The van der Waals surface area contributed by atoms with Crippen molar-refractivity contribution in [1.29, 1.82) is 0 Å². The van der Waals surface area contributed by atoms with Gasteiger partial charge in [-0.15, -0.1) is 0 Å². The fraction of sp³-hybridized carbons (Fsp3) is 0.500. The molecule has 4 bridgehead atoms. The van der Waals surface area contributed by atoms with Crippen molar-refractivity contribution in [3.05, 3.63) is 72.2 Å². The molecule has 5 aliphatic rings. The SMILES string of the molecule is Cc1c(-c2cccnc2C(=O)OC(C)(C)C)c(-c2ccc3c(c2)N(C(=O)Nc2nc4ccccc4s2)CCO3)nn1CC12CC3(C)CC(C)(C1)CC(OCCOS(C)(=O)=O)(C3)C2. The summed E-state index contributed by atoms with van der Waals surface area (Å²) in [6.45, 7) is 13.7. The molecule has 2 atom stereocenters. The zero-order chi connectivity index (χ0) is 43.9. The number of rotatable bonds is 11. The van der Waals surface area contributed by atoms with E-state index < -0.39 is 27.3 Å². The molecule has 4 aliphatic carbocycles. The highest BCUT2D eigenvalue weighted by molar-refractivity contribution is 7.85. The van der Waals surface area contributed by atoms with Crippen molar-refractivity contribution in [2.75, 3.05) is 42.8 Å². The summed E-state index contributed by atoms with van der Waals surface area (Å²) in [5.41, 5.74) is 3.84. The van der Waals surface area contributed by atoms with Crippen LogP contribution in [0, 0.1) is 23.2 Å². The van der Waals surface area contributed by atoms with E-state index in [0.29, 0.717) is 47.5 Å². The molecule has 4 fully saturated rings. The molecular formula is C46H54N6O8S2. The molecule has 0 spiro atoms. The first kappa shape index (κ1) is 42.4. The molecule has 1 N–H and O–H groups in total. The fourth-order valence-electron chi connectivity index (χ4n) is 11.9. The number of ether oxygens (including phenoxy) is 3. The van der Waals surface area contributed by atoms with Crippen molar-refractivity contribution in [1.82, 2.24) is 19.7 Å². The zero-order valence-corrected chi connectivity index (χ0v) is 38.0. The van der Waals surface area contributed by atoms with E-state index in [1.807, 2.05) is 82.3 Å². The molecule has 2 unspecified atom stereocenters. The Kier molecular flexibility index (Phi) is 10.3. The molecule has 0 saturated heterocycles. The number of hydrogen-bond acceptors (Lipinski definition) is 12. The molecule has 2 amide bonds. The first-order valence-electron chi connectivity index (χ1n) is 21.2. The van der Waals surface area contributed by atoms with Gasteiger partial charge in [-0.3, -0.25) is 19.1 Å². The van der Waals surface area contributed by atoms with Gasteiger partial charge in [0.25, 0.3) is 10.1 Å². The first-order valence-corrected chi connectivity index (χ1v) is 23.8. The lowest BCUT2D eigenvalue weighted by atomic mass is 9.39. The summed E-state index contributed by atoms with van der Waals surface area (Å²) in [4.78, 5) is 38.7. The Morgan fingerprint density at radius 3 is 2.45 bits per heavy atom. The van der Waals surface area contributed by atoms with Crippen molar-refractivity contribution >= 4 is 54.5 Å². The van der Waals surface area contributed by atoms with Crippen LogP contribution in [0.1, 0.15) is 89.3 Å². The minimum atomic E-state index is -3.59. The van der Waals surface area contributed by atoms with Gasteiger partial charge < -0.3 is 14.2 Å². The molecule has 4 saturated carbocycles. The Labute approximate surface area is 366 Å². The smallest absolute Gasteiger partial charge is 0.358 e. The lowest BCUT2D eigenvalue weighted by molar-refractivity contribution is -0.249. The van der Waals surface area contributed by atoms with Gasteiger partial charge in [-0.25, -0.2) is 19.6 Å². The van der Waals surface area contributed by atoms with Crippen LogP contribution in [0.25, 0.3) is 32.6 Å². The zero-order valence-electron chi connectivity index (χ0n) is 36.4. The molecule has 62 heavy (non-hydrogen) atoms. The fourth-order valence-corrected chi connectivity index (χ4v) is 13.1. The molecule has 0 radical (unpaired) electrons. The van der Waals surface area contributed by atoms with Crippen LogP contribution in [0.3, 0.4) is 0 Å². The quantitative estimate of drug-likeness (QED) is 0.0765. The standard InChI is InChI=1S/C46H54N6O8S2/c1-29-36(31-11-10-16-47-38(31)39(53)60-42(2,3)4)37(30-14-15-34-33(21-30)51(17-18-57-34)41(54)49-40-48-32-12-8-9-13-35(32)61-40)50-52(29)28-45-23-43(5)22-44(6,24-45)26-46(25-43,27-45)58-19-20-59-62(7,55)56/h8-16,21H,17-20,22-28H2,1-7H3,(H,48,49,54). The molecule has 16 heteroatoms. The van der Waals surface area contributed by atoms with E-state index in [9.17, 15) is 18.0 Å². The number of hydrogen-bond donors (Lipinski definition) is 1. The highest BCUT2D eigenvalue weighted by Crippen LogP contribution is 2.72. The number of carbonyl (C=O) groups excluding carboxylic acids is 2. The summed E-state index contributed by atoms with van der Waals surface area (Å²) < 4.78 is 50.4. The van der Waals surface area contributed by atoms with E-state index >= 15 is 0 Å². The molecular weight excluding hydrogens is 829 g/mol. The topological polar surface area (TPSA) is 164 Å². The van der Waals surface area contributed by atoms with Crippen LogP contribution in [0.5, 0.6) is 5.75 Å². The normalized spacial score (nSPS) is 25.4. The van der Waals surface area contributed by atoms with Crippen molar-refractivity contribution < 1.29 is 36.4 Å².